The Bertz CT molecular complexity index is 931. The molecule has 0 fully saturated rings. The largest absolute Gasteiger partial charge is 0.496 e. The molecule has 1 aromatic heterocycles. The lowest BCUT2D eigenvalue weighted by Gasteiger charge is -2.17. The number of hydrogen-bond acceptors (Lipinski definition) is 4. The molecule has 0 aliphatic rings. The fourth-order valence-electron chi connectivity index (χ4n) is 3.12. The minimum absolute atomic E-state index is 0.129. The zero-order chi connectivity index (χ0) is 20.9. The molecule has 0 unspecified atom stereocenters. The van der Waals surface area contributed by atoms with E-state index in [0.29, 0.717) is 31.7 Å². The Morgan fingerprint density at radius 1 is 1.21 bits per heavy atom. The van der Waals surface area contributed by atoms with E-state index >= 15 is 0 Å². The van der Waals surface area contributed by atoms with Gasteiger partial charge in [0.15, 0.2) is 0 Å². The van der Waals surface area contributed by atoms with E-state index in [1.165, 1.54) is 16.6 Å². The fraction of sp³-hybridized carbons (Fsp3) is 0.450. The Hall–Kier alpha value is -2.32. The Kier molecular flexibility index (Phi) is 7.26. The number of aryl methyl sites for hydroxylation is 2. The van der Waals surface area contributed by atoms with Gasteiger partial charge in [0.05, 0.1) is 7.11 Å². The molecule has 0 spiro atoms. The van der Waals surface area contributed by atoms with Gasteiger partial charge in [-0.05, 0) is 31.0 Å². The first-order valence-electron chi connectivity index (χ1n) is 9.32. The molecule has 1 aromatic carbocycles. The van der Waals surface area contributed by atoms with Gasteiger partial charge in [0, 0.05) is 32.9 Å². The van der Waals surface area contributed by atoms with Crippen molar-refractivity contribution in [2.45, 2.75) is 32.1 Å². The molecule has 154 valence electrons. The lowest BCUT2D eigenvalue weighted by Crippen LogP contribution is -2.30. The smallest absolute Gasteiger partial charge is 0.267 e. The van der Waals surface area contributed by atoms with Gasteiger partial charge in [-0.15, -0.1) is 0 Å². The van der Waals surface area contributed by atoms with Crippen LogP contribution in [0.1, 0.15) is 35.5 Å². The van der Waals surface area contributed by atoms with Crippen LogP contribution in [0.25, 0.3) is 0 Å². The Morgan fingerprint density at radius 3 is 2.50 bits per heavy atom. The van der Waals surface area contributed by atoms with E-state index in [-0.39, 0.29) is 10.8 Å². The molecule has 0 saturated carbocycles. The summed E-state index contributed by atoms with van der Waals surface area (Å²) in [5, 5.41) is 2.86. The highest BCUT2D eigenvalue weighted by Gasteiger charge is 2.25. The fourth-order valence-corrected chi connectivity index (χ4v) is 4.65. The SMILES string of the molecule is CCN(CC)S(=O)(=O)c1cc(C(=O)NCCc2cc(C)ccc2OC)n(C)c1. The van der Waals surface area contributed by atoms with Gasteiger partial charge in [0.1, 0.15) is 16.3 Å². The summed E-state index contributed by atoms with van der Waals surface area (Å²) in [5.41, 5.74) is 2.44. The zero-order valence-electron chi connectivity index (χ0n) is 17.2. The van der Waals surface area contributed by atoms with Gasteiger partial charge in [-0.2, -0.15) is 4.31 Å². The zero-order valence-corrected chi connectivity index (χ0v) is 18.0. The molecule has 1 amide bonds. The summed E-state index contributed by atoms with van der Waals surface area (Å²) in [5.74, 6) is 0.474. The standard InChI is InChI=1S/C20H29N3O4S/c1-6-23(7-2)28(25,26)17-13-18(22(4)14-17)20(24)21-11-10-16-12-15(3)8-9-19(16)27-5/h8-9,12-14H,6-7,10-11H2,1-5H3,(H,21,24). The quantitative estimate of drug-likeness (QED) is 0.692. The summed E-state index contributed by atoms with van der Waals surface area (Å²) < 4.78 is 33.6. The number of hydrogen-bond donors (Lipinski definition) is 1. The van der Waals surface area contributed by atoms with Crippen molar-refractivity contribution in [3.8, 4) is 5.75 Å². The van der Waals surface area contributed by atoms with E-state index in [0.717, 1.165) is 16.9 Å². The van der Waals surface area contributed by atoms with E-state index in [4.69, 9.17) is 4.74 Å². The molecule has 28 heavy (non-hydrogen) atoms. The molecule has 0 atom stereocenters. The van der Waals surface area contributed by atoms with E-state index in [1.54, 1.807) is 32.6 Å². The Morgan fingerprint density at radius 2 is 1.89 bits per heavy atom. The van der Waals surface area contributed by atoms with E-state index in [2.05, 4.69) is 5.32 Å². The molecule has 0 radical (unpaired) electrons. The van der Waals surface area contributed by atoms with Crippen LogP contribution in [-0.4, -0.2) is 49.9 Å². The molecule has 8 heteroatoms. The number of ether oxygens (including phenoxy) is 1. The number of sulfonamides is 1. The molecule has 1 N–H and O–H groups in total. The second-order valence-corrected chi connectivity index (χ2v) is 8.52. The molecule has 1 heterocycles. The summed E-state index contributed by atoms with van der Waals surface area (Å²) >= 11 is 0. The number of nitrogens with one attached hydrogen (secondary N) is 1. The monoisotopic (exact) mass is 407 g/mol. The van der Waals surface area contributed by atoms with Crippen molar-refractivity contribution in [1.29, 1.82) is 0 Å². The average molecular weight is 408 g/mol. The van der Waals surface area contributed by atoms with E-state index in [9.17, 15) is 13.2 Å². The van der Waals surface area contributed by atoms with Crippen molar-refractivity contribution in [2.75, 3.05) is 26.7 Å². The molecule has 0 aliphatic carbocycles. The topological polar surface area (TPSA) is 80.6 Å². The van der Waals surface area contributed by atoms with Crippen molar-refractivity contribution < 1.29 is 17.9 Å². The van der Waals surface area contributed by atoms with Gasteiger partial charge in [-0.3, -0.25) is 4.79 Å². The predicted molar refractivity (Wildman–Crippen MR) is 109 cm³/mol. The lowest BCUT2D eigenvalue weighted by atomic mass is 10.1. The maximum atomic E-state index is 12.7. The summed E-state index contributed by atoms with van der Waals surface area (Å²) in [6.45, 7) is 6.76. The number of rotatable bonds is 9. The van der Waals surface area contributed by atoms with Crippen LogP contribution in [0, 0.1) is 6.92 Å². The third-order valence-corrected chi connectivity index (χ3v) is 6.69. The first kappa shape index (κ1) is 22.0. The van der Waals surface area contributed by atoms with Crippen LogP contribution >= 0.6 is 0 Å². The second kappa shape index (κ2) is 9.25. The Balaban J connectivity index is 2.10. The third kappa shape index (κ3) is 4.74. The number of nitrogens with zero attached hydrogens (tertiary/aromatic N) is 2. The van der Waals surface area contributed by atoms with Crippen LogP contribution in [-0.2, 0) is 23.5 Å². The molecule has 2 aromatic rings. The van der Waals surface area contributed by atoms with Gasteiger partial charge < -0.3 is 14.6 Å². The van der Waals surface area contributed by atoms with Crippen LogP contribution in [0.3, 0.4) is 0 Å². The van der Waals surface area contributed by atoms with Gasteiger partial charge in [0.2, 0.25) is 10.0 Å². The Labute approximate surface area is 167 Å². The van der Waals surface area contributed by atoms with Crippen molar-refractivity contribution in [1.82, 2.24) is 14.2 Å². The van der Waals surface area contributed by atoms with Crippen LogP contribution in [0.4, 0.5) is 0 Å². The number of carbonyl (C=O) groups is 1. The minimum Gasteiger partial charge on any atom is -0.496 e. The molecule has 0 aliphatic heterocycles. The molecule has 0 bridgehead atoms. The first-order valence-corrected chi connectivity index (χ1v) is 10.8. The summed E-state index contributed by atoms with van der Waals surface area (Å²) in [4.78, 5) is 12.7. The molecular weight excluding hydrogens is 378 g/mol. The van der Waals surface area contributed by atoms with Crippen LogP contribution < -0.4 is 10.1 Å². The van der Waals surface area contributed by atoms with Crippen molar-refractivity contribution in [3.63, 3.8) is 0 Å². The maximum absolute atomic E-state index is 12.7. The predicted octanol–water partition coefficient (Wildman–Crippen LogP) is 2.35. The van der Waals surface area contributed by atoms with Crippen molar-refractivity contribution >= 4 is 15.9 Å². The lowest BCUT2D eigenvalue weighted by molar-refractivity contribution is 0.0946. The van der Waals surface area contributed by atoms with Crippen LogP contribution in [0.15, 0.2) is 35.4 Å². The van der Waals surface area contributed by atoms with Gasteiger partial charge in [-0.25, -0.2) is 8.42 Å². The van der Waals surface area contributed by atoms with Gasteiger partial charge in [-0.1, -0.05) is 31.5 Å². The molecular formula is C20H29N3O4S. The summed E-state index contributed by atoms with van der Waals surface area (Å²) in [7, 11) is -0.312. The number of amides is 1. The molecule has 7 nitrogen and oxygen atoms in total. The highest BCUT2D eigenvalue weighted by atomic mass is 32.2. The number of carbonyl (C=O) groups excluding carboxylic acids is 1. The van der Waals surface area contributed by atoms with Crippen LogP contribution in [0.2, 0.25) is 0 Å². The van der Waals surface area contributed by atoms with Gasteiger partial charge >= 0.3 is 0 Å². The van der Waals surface area contributed by atoms with Crippen LogP contribution in [0.5, 0.6) is 5.75 Å². The molecule has 0 saturated heterocycles. The van der Waals surface area contributed by atoms with E-state index in [1.807, 2.05) is 25.1 Å². The first-order chi connectivity index (χ1) is 13.2. The third-order valence-electron chi connectivity index (χ3n) is 4.67. The van der Waals surface area contributed by atoms with Crippen molar-refractivity contribution in [3.05, 3.63) is 47.3 Å². The number of benzene rings is 1. The average Bonchev–Trinajstić information content (AvgIpc) is 3.05. The minimum atomic E-state index is -3.60. The highest BCUT2D eigenvalue weighted by molar-refractivity contribution is 7.89. The highest BCUT2D eigenvalue weighted by Crippen LogP contribution is 2.20. The second-order valence-electron chi connectivity index (χ2n) is 6.58. The van der Waals surface area contributed by atoms with E-state index < -0.39 is 10.0 Å². The normalized spacial score (nSPS) is 11.6. The van der Waals surface area contributed by atoms with Gasteiger partial charge in [0.25, 0.3) is 5.91 Å². The van der Waals surface area contributed by atoms with Crippen molar-refractivity contribution in [2.24, 2.45) is 7.05 Å². The number of methoxy groups -OCH3 is 1. The molecule has 2 rings (SSSR count). The maximum Gasteiger partial charge on any atom is 0.267 e. The summed E-state index contributed by atoms with van der Waals surface area (Å²) in [6, 6.07) is 7.34. The number of aromatic nitrogens is 1. The summed E-state index contributed by atoms with van der Waals surface area (Å²) in [6.07, 6.45) is 2.10.